The SMILES string of the molecule is COc1ccc([C@@H]2N[C@@H](C(=O)O)CS2)cc1COc1ccc2c(c1)OCO2. The predicted molar refractivity (Wildman–Crippen MR) is 99.6 cm³/mol. The largest absolute Gasteiger partial charge is 0.496 e. The highest BCUT2D eigenvalue weighted by molar-refractivity contribution is 7.99. The third-order valence-corrected chi connectivity index (χ3v) is 5.69. The number of methoxy groups -OCH3 is 1. The van der Waals surface area contributed by atoms with Crippen LogP contribution in [0.3, 0.4) is 0 Å². The average Bonchev–Trinajstić information content (AvgIpc) is 3.35. The van der Waals surface area contributed by atoms with E-state index in [1.54, 1.807) is 24.9 Å². The summed E-state index contributed by atoms with van der Waals surface area (Å²) in [5.41, 5.74) is 1.88. The maximum Gasteiger partial charge on any atom is 0.321 e. The Morgan fingerprint density at radius 3 is 2.89 bits per heavy atom. The molecular formula is C19H19NO6S. The van der Waals surface area contributed by atoms with Crippen LogP contribution in [0, 0.1) is 0 Å². The predicted octanol–water partition coefficient (Wildman–Crippen LogP) is 2.79. The summed E-state index contributed by atoms with van der Waals surface area (Å²) in [6.07, 6.45) is 0. The van der Waals surface area contributed by atoms with E-state index >= 15 is 0 Å². The van der Waals surface area contributed by atoms with Crippen molar-refractivity contribution in [1.29, 1.82) is 0 Å². The van der Waals surface area contributed by atoms with E-state index in [1.807, 2.05) is 30.3 Å². The lowest BCUT2D eigenvalue weighted by Crippen LogP contribution is -2.33. The van der Waals surface area contributed by atoms with Crippen LogP contribution in [0.4, 0.5) is 0 Å². The van der Waals surface area contributed by atoms with Gasteiger partial charge in [0.15, 0.2) is 11.5 Å². The Morgan fingerprint density at radius 2 is 2.11 bits per heavy atom. The Bertz CT molecular complexity index is 858. The normalized spacial score (nSPS) is 20.5. The zero-order valence-electron chi connectivity index (χ0n) is 14.6. The number of aliphatic carboxylic acids is 1. The maximum absolute atomic E-state index is 11.2. The van der Waals surface area contributed by atoms with Crippen molar-refractivity contribution in [3.8, 4) is 23.0 Å². The van der Waals surface area contributed by atoms with Gasteiger partial charge in [-0.05, 0) is 29.8 Å². The number of carbonyl (C=O) groups is 1. The highest BCUT2D eigenvalue weighted by Crippen LogP contribution is 2.37. The van der Waals surface area contributed by atoms with Gasteiger partial charge in [0.25, 0.3) is 0 Å². The van der Waals surface area contributed by atoms with E-state index in [0.717, 1.165) is 16.9 Å². The van der Waals surface area contributed by atoms with Crippen molar-refractivity contribution in [1.82, 2.24) is 5.32 Å². The molecule has 0 aliphatic carbocycles. The second-order valence-electron chi connectivity index (χ2n) is 6.15. The van der Waals surface area contributed by atoms with Gasteiger partial charge in [-0.3, -0.25) is 10.1 Å². The molecule has 0 bridgehead atoms. The zero-order chi connectivity index (χ0) is 18.8. The Kier molecular flexibility index (Phi) is 5.00. The molecule has 2 aliphatic heterocycles. The average molecular weight is 389 g/mol. The molecule has 0 unspecified atom stereocenters. The van der Waals surface area contributed by atoms with Crippen LogP contribution >= 0.6 is 11.8 Å². The first-order valence-corrected chi connectivity index (χ1v) is 9.48. The molecule has 2 heterocycles. The van der Waals surface area contributed by atoms with Crippen molar-refractivity contribution in [2.75, 3.05) is 19.7 Å². The summed E-state index contributed by atoms with van der Waals surface area (Å²) in [6, 6.07) is 10.7. The van der Waals surface area contributed by atoms with Crippen molar-refractivity contribution in [3.05, 3.63) is 47.5 Å². The van der Waals surface area contributed by atoms with Gasteiger partial charge in [0.1, 0.15) is 24.1 Å². The van der Waals surface area contributed by atoms with Gasteiger partial charge in [-0.25, -0.2) is 0 Å². The van der Waals surface area contributed by atoms with Crippen molar-refractivity contribution in [3.63, 3.8) is 0 Å². The Morgan fingerprint density at radius 1 is 1.26 bits per heavy atom. The third-order valence-electron chi connectivity index (χ3n) is 4.43. The number of fused-ring (bicyclic) bond motifs is 1. The van der Waals surface area contributed by atoms with E-state index in [2.05, 4.69) is 5.32 Å². The van der Waals surface area contributed by atoms with E-state index in [9.17, 15) is 4.79 Å². The summed E-state index contributed by atoms with van der Waals surface area (Å²) < 4.78 is 22.0. The molecular weight excluding hydrogens is 370 g/mol. The number of thioether (sulfide) groups is 1. The molecule has 0 radical (unpaired) electrons. The van der Waals surface area contributed by atoms with Gasteiger partial charge in [0, 0.05) is 17.4 Å². The summed E-state index contributed by atoms with van der Waals surface area (Å²) in [6.45, 7) is 0.536. The number of carboxylic acids is 1. The monoisotopic (exact) mass is 389 g/mol. The van der Waals surface area contributed by atoms with Gasteiger partial charge in [0.05, 0.1) is 12.5 Å². The van der Waals surface area contributed by atoms with Crippen LogP contribution < -0.4 is 24.3 Å². The number of carboxylic acid groups (broad SMARTS) is 1. The molecule has 2 atom stereocenters. The second kappa shape index (κ2) is 7.58. The van der Waals surface area contributed by atoms with Crippen LogP contribution in [0.1, 0.15) is 16.5 Å². The Hall–Kier alpha value is -2.58. The smallest absolute Gasteiger partial charge is 0.321 e. The number of rotatable bonds is 6. The van der Waals surface area contributed by atoms with Crippen LogP contribution in [0.15, 0.2) is 36.4 Å². The summed E-state index contributed by atoms with van der Waals surface area (Å²) in [5.74, 6) is 2.47. The molecule has 2 aromatic carbocycles. The van der Waals surface area contributed by atoms with E-state index in [0.29, 0.717) is 29.6 Å². The van der Waals surface area contributed by atoms with Gasteiger partial charge in [-0.2, -0.15) is 0 Å². The summed E-state index contributed by atoms with van der Waals surface area (Å²) in [4.78, 5) is 11.2. The Balaban J connectivity index is 1.49. The van der Waals surface area contributed by atoms with Crippen molar-refractivity contribution in [2.45, 2.75) is 18.0 Å². The second-order valence-corrected chi connectivity index (χ2v) is 7.28. The molecule has 0 saturated carbocycles. The molecule has 0 aromatic heterocycles. The molecule has 4 rings (SSSR count). The minimum atomic E-state index is -0.829. The van der Waals surface area contributed by atoms with Gasteiger partial charge in [-0.1, -0.05) is 6.07 Å². The molecule has 2 N–H and O–H groups in total. The van der Waals surface area contributed by atoms with Gasteiger partial charge < -0.3 is 24.1 Å². The van der Waals surface area contributed by atoms with E-state index < -0.39 is 12.0 Å². The van der Waals surface area contributed by atoms with E-state index in [-0.39, 0.29) is 12.2 Å². The van der Waals surface area contributed by atoms with E-state index in [4.69, 9.17) is 24.1 Å². The lowest BCUT2D eigenvalue weighted by atomic mass is 10.1. The standard InChI is InChI=1S/C19H19NO6S/c1-23-15-4-2-11(18-20-14(9-27-18)19(21)22)6-12(15)8-24-13-3-5-16-17(7-13)26-10-25-16/h2-7,14,18,20H,8-10H2,1H3,(H,21,22)/t14-,18-/m1/s1. The van der Waals surface area contributed by atoms with Crippen LogP contribution in [0.25, 0.3) is 0 Å². The van der Waals surface area contributed by atoms with Gasteiger partial charge in [0.2, 0.25) is 6.79 Å². The summed E-state index contributed by atoms with van der Waals surface area (Å²) in [7, 11) is 1.61. The molecule has 0 spiro atoms. The molecule has 27 heavy (non-hydrogen) atoms. The minimum absolute atomic E-state index is 0.0682. The van der Waals surface area contributed by atoms with E-state index in [1.165, 1.54) is 0 Å². The topological polar surface area (TPSA) is 86.3 Å². The summed E-state index contributed by atoms with van der Waals surface area (Å²) in [5, 5.41) is 12.2. The van der Waals surface area contributed by atoms with Crippen LogP contribution in [0.2, 0.25) is 0 Å². The molecule has 0 amide bonds. The zero-order valence-corrected chi connectivity index (χ0v) is 15.5. The number of hydrogen-bond acceptors (Lipinski definition) is 7. The third kappa shape index (κ3) is 3.77. The number of benzene rings is 2. The first-order chi connectivity index (χ1) is 13.1. The van der Waals surface area contributed by atoms with Crippen molar-refractivity contribution < 1.29 is 28.8 Å². The summed E-state index contributed by atoms with van der Waals surface area (Å²) >= 11 is 1.58. The van der Waals surface area contributed by atoms with Crippen LogP contribution in [-0.4, -0.2) is 36.8 Å². The maximum atomic E-state index is 11.2. The number of ether oxygens (including phenoxy) is 4. The fourth-order valence-electron chi connectivity index (χ4n) is 3.01. The Labute approximate surface area is 160 Å². The molecule has 1 fully saturated rings. The lowest BCUT2D eigenvalue weighted by Gasteiger charge is -2.16. The number of nitrogens with one attached hydrogen (secondary N) is 1. The first-order valence-electron chi connectivity index (χ1n) is 8.44. The highest BCUT2D eigenvalue weighted by Gasteiger charge is 2.30. The fraction of sp³-hybridized carbons (Fsp3) is 0.316. The van der Waals surface area contributed by atoms with Gasteiger partial charge in [-0.15, -0.1) is 11.8 Å². The molecule has 2 aliphatic rings. The molecule has 8 heteroatoms. The van der Waals surface area contributed by atoms with Crippen molar-refractivity contribution >= 4 is 17.7 Å². The molecule has 7 nitrogen and oxygen atoms in total. The number of hydrogen-bond donors (Lipinski definition) is 2. The van der Waals surface area contributed by atoms with Gasteiger partial charge >= 0.3 is 5.97 Å². The first kappa shape index (κ1) is 17.8. The van der Waals surface area contributed by atoms with Crippen LogP contribution in [0.5, 0.6) is 23.0 Å². The lowest BCUT2D eigenvalue weighted by molar-refractivity contribution is -0.138. The molecule has 1 saturated heterocycles. The van der Waals surface area contributed by atoms with Crippen LogP contribution in [-0.2, 0) is 11.4 Å². The highest BCUT2D eigenvalue weighted by atomic mass is 32.2. The fourth-order valence-corrected chi connectivity index (χ4v) is 4.23. The van der Waals surface area contributed by atoms with Crippen molar-refractivity contribution in [2.24, 2.45) is 0 Å². The minimum Gasteiger partial charge on any atom is -0.496 e. The molecule has 2 aromatic rings. The molecule has 142 valence electrons. The quantitative estimate of drug-likeness (QED) is 0.780.